The summed E-state index contributed by atoms with van der Waals surface area (Å²) in [6.45, 7) is 4.78. The molecule has 2 aromatic carbocycles. The molecule has 1 N–H and O–H groups in total. The van der Waals surface area contributed by atoms with Crippen LogP contribution in [0.4, 0.5) is 0 Å². The summed E-state index contributed by atoms with van der Waals surface area (Å²) in [4.78, 5) is 35.7. The number of carbonyl (C=O) groups excluding carboxylic acids is 3. The van der Waals surface area contributed by atoms with Gasteiger partial charge in [0.25, 0.3) is 0 Å². The van der Waals surface area contributed by atoms with Gasteiger partial charge in [0.1, 0.15) is 12.1 Å². The topological polar surface area (TPSA) is 80.7 Å². The predicted molar refractivity (Wildman–Crippen MR) is 150 cm³/mol. The van der Waals surface area contributed by atoms with Crippen LogP contribution in [-0.2, 0) is 30.0 Å². The van der Waals surface area contributed by atoms with Crippen LogP contribution in [0.5, 0.6) is 0 Å². The van der Waals surface area contributed by atoms with Crippen molar-refractivity contribution in [2.24, 2.45) is 11.8 Å². The van der Waals surface area contributed by atoms with E-state index in [9.17, 15) is 19.5 Å². The van der Waals surface area contributed by atoms with Crippen molar-refractivity contribution in [2.75, 3.05) is 13.2 Å². The van der Waals surface area contributed by atoms with E-state index < -0.39 is 0 Å². The second kappa shape index (κ2) is 14.4. The average Bonchev–Trinajstić information content (AvgIpc) is 3.39. The Bertz CT molecular complexity index is 959. The van der Waals surface area contributed by atoms with Crippen molar-refractivity contribution in [1.82, 2.24) is 0 Å². The minimum atomic E-state index is -0.312. The number of hydrogen-bond donors (Lipinski definition) is 1. The van der Waals surface area contributed by atoms with Gasteiger partial charge < -0.3 is 14.6 Å². The largest absolute Gasteiger partial charge is 0.465 e. The van der Waals surface area contributed by atoms with Crippen molar-refractivity contribution < 1.29 is 24.2 Å². The molecule has 1 aliphatic heterocycles. The fourth-order valence-corrected chi connectivity index (χ4v) is 6.13. The van der Waals surface area contributed by atoms with Gasteiger partial charge in [-0.15, -0.1) is 0 Å². The summed E-state index contributed by atoms with van der Waals surface area (Å²) >= 11 is 0. The van der Waals surface area contributed by atoms with Crippen LogP contribution in [0.25, 0.3) is 0 Å². The van der Waals surface area contributed by atoms with Crippen LogP contribution in [0.15, 0.2) is 60.7 Å². The SMILES string of the molecule is CC(CCCCC(=O)CCCCC(C)(c1ccccc1)C1COC(=O)C1)(c1ccccc1)C(CO)CC=O. The molecule has 0 aliphatic carbocycles. The highest BCUT2D eigenvalue weighted by Gasteiger charge is 2.41. The Kier molecular flexibility index (Phi) is 11.3. The predicted octanol–water partition coefficient (Wildman–Crippen LogP) is 6.35. The van der Waals surface area contributed by atoms with E-state index in [4.69, 9.17) is 4.74 Å². The molecule has 2 aromatic rings. The first kappa shape index (κ1) is 29.8. The fourth-order valence-electron chi connectivity index (χ4n) is 6.13. The summed E-state index contributed by atoms with van der Waals surface area (Å²) in [5.41, 5.74) is 1.89. The number of carbonyl (C=O) groups is 3. The van der Waals surface area contributed by atoms with Gasteiger partial charge in [-0.1, -0.05) is 87.4 Å². The molecule has 0 saturated carbocycles. The lowest BCUT2D eigenvalue weighted by molar-refractivity contribution is -0.138. The molecule has 38 heavy (non-hydrogen) atoms. The third-order valence-corrected chi connectivity index (χ3v) is 8.93. The van der Waals surface area contributed by atoms with Gasteiger partial charge in [-0.05, 0) is 53.6 Å². The zero-order valence-electron chi connectivity index (χ0n) is 23.1. The van der Waals surface area contributed by atoms with E-state index >= 15 is 0 Å². The molecule has 5 heteroatoms. The molecule has 0 spiro atoms. The van der Waals surface area contributed by atoms with Crippen molar-refractivity contribution in [3.05, 3.63) is 71.8 Å². The number of benzene rings is 2. The molecule has 1 saturated heterocycles. The average molecular weight is 521 g/mol. The summed E-state index contributed by atoms with van der Waals surface area (Å²) in [5.74, 6) is 0.192. The molecular weight excluding hydrogens is 476 g/mol. The molecule has 1 fully saturated rings. The van der Waals surface area contributed by atoms with E-state index in [1.807, 2.05) is 36.4 Å². The fraction of sp³-hybridized carbons (Fsp3) is 0.545. The van der Waals surface area contributed by atoms with E-state index in [1.54, 1.807) is 0 Å². The summed E-state index contributed by atoms with van der Waals surface area (Å²) in [6, 6.07) is 20.4. The van der Waals surface area contributed by atoms with Crippen LogP contribution in [-0.4, -0.2) is 36.4 Å². The Morgan fingerprint density at radius 1 is 0.947 bits per heavy atom. The second-order valence-corrected chi connectivity index (χ2v) is 11.4. The van der Waals surface area contributed by atoms with Gasteiger partial charge in [-0.3, -0.25) is 9.59 Å². The van der Waals surface area contributed by atoms with Gasteiger partial charge in [0.2, 0.25) is 0 Å². The van der Waals surface area contributed by atoms with Gasteiger partial charge in [-0.2, -0.15) is 0 Å². The van der Waals surface area contributed by atoms with E-state index in [2.05, 4.69) is 38.1 Å². The number of Topliss-reactive ketones (excluding diaryl/α,β-unsaturated/α-hetero) is 1. The number of ether oxygens (including phenoxy) is 1. The first-order valence-electron chi connectivity index (χ1n) is 14.2. The molecule has 1 aliphatic rings. The maximum atomic E-state index is 12.7. The van der Waals surface area contributed by atoms with Crippen molar-refractivity contribution in [2.45, 2.75) is 88.9 Å². The van der Waals surface area contributed by atoms with Crippen LogP contribution in [0.2, 0.25) is 0 Å². The lowest BCUT2D eigenvalue weighted by Crippen LogP contribution is -2.35. The molecule has 0 aromatic heterocycles. The second-order valence-electron chi connectivity index (χ2n) is 11.4. The highest BCUT2D eigenvalue weighted by atomic mass is 16.5. The first-order chi connectivity index (χ1) is 18.3. The minimum Gasteiger partial charge on any atom is -0.465 e. The Morgan fingerprint density at radius 3 is 2.05 bits per heavy atom. The molecular formula is C33H44O5. The summed E-state index contributed by atoms with van der Waals surface area (Å²) < 4.78 is 5.30. The van der Waals surface area contributed by atoms with E-state index in [-0.39, 0.29) is 35.2 Å². The van der Waals surface area contributed by atoms with Crippen molar-refractivity contribution in [1.29, 1.82) is 0 Å². The third kappa shape index (κ3) is 7.63. The Morgan fingerprint density at radius 2 is 1.53 bits per heavy atom. The monoisotopic (exact) mass is 520 g/mol. The molecule has 5 nitrogen and oxygen atoms in total. The normalized spacial score (nSPS) is 19.2. The van der Waals surface area contributed by atoms with E-state index in [1.165, 1.54) is 5.56 Å². The van der Waals surface area contributed by atoms with Crippen LogP contribution < -0.4 is 0 Å². The molecule has 4 atom stereocenters. The highest BCUT2D eigenvalue weighted by Crippen LogP contribution is 2.42. The zero-order chi connectivity index (χ0) is 27.4. The molecule has 0 bridgehead atoms. The number of aldehydes is 1. The molecule has 0 amide bonds. The molecule has 206 valence electrons. The maximum absolute atomic E-state index is 12.7. The quantitative estimate of drug-likeness (QED) is 0.149. The lowest BCUT2D eigenvalue weighted by atomic mass is 9.68. The van der Waals surface area contributed by atoms with Gasteiger partial charge >= 0.3 is 5.97 Å². The molecule has 0 radical (unpaired) electrons. The summed E-state index contributed by atoms with van der Waals surface area (Å²) in [5, 5.41) is 9.99. The zero-order valence-corrected chi connectivity index (χ0v) is 23.1. The Hall–Kier alpha value is -2.79. The molecule has 1 heterocycles. The smallest absolute Gasteiger partial charge is 0.306 e. The highest BCUT2D eigenvalue weighted by molar-refractivity contribution is 5.78. The lowest BCUT2D eigenvalue weighted by Gasteiger charge is -2.37. The standard InChI is InChI=1S/C33H44O5/c1-32(28(24-35)19-22-34,26-13-5-3-6-14-26)20-11-9-17-30(36)18-10-12-21-33(2,27-15-7-4-8-16-27)29-23-31(37)38-25-29/h3-8,13-16,22,28-29,35H,9-12,17-21,23-25H2,1-2H3. The Labute approximate surface area is 228 Å². The van der Waals surface area contributed by atoms with Gasteiger partial charge in [-0.25, -0.2) is 0 Å². The number of ketones is 1. The van der Waals surface area contributed by atoms with Crippen molar-refractivity contribution in [3.63, 3.8) is 0 Å². The number of hydrogen-bond acceptors (Lipinski definition) is 5. The van der Waals surface area contributed by atoms with Crippen molar-refractivity contribution >= 4 is 18.0 Å². The maximum Gasteiger partial charge on any atom is 0.306 e. The van der Waals surface area contributed by atoms with Crippen LogP contribution in [0.1, 0.15) is 89.2 Å². The summed E-state index contributed by atoms with van der Waals surface area (Å²) in [6.07, 6.45) is 7.99. The van der Waals surface area contributed by atoms with Crippen LogP contribution in [0, 0.1) is 11.8 Å². The van der Waals surface area contributed by atoms with E-state index in [0.717, 1.165) is 50.4 Å². The van der Waals surface area contributed by atoms with Crippen molar-refractivity contribution in [3.8, 4) is 0 Å². The number of cyclic esters (lactones) is 1. The van der Waals surface area contributed by atoms with E-state index in [0.29, 0.717) is 38.1 Å². The summed E-state index contributed by atoms with van der Waals surface area (Å²) in [7, 11) is 0. The number of aliphatic hydroxyl groups excluding tert-OH is 1. The number of unbranched alkanes of at least 4 members (excludes halogenated alkanes) is 2. The minimum absolute atomic E-state index is 0.0356. The molecule has 4 unspecified atom stereocenters. The van der Waals surface area contributed by atoms with Crippen LogP contribution >= 0.6 is 0 Å². The van der Waals surface area contributed by atoms with Crippen LogP contribution in [0.3, 0.4) is 0 Å². The van der Waals surface area contributed by atoms with Gasteiger partial charge in [0.05, 0.1) is 13.0 Å². The number of aliphatic hydroxyl groups is 1. The third-order valence-electron chi connectivity index (χ3n) is 8.93. The number of rotatable bonds is 17. The van der Waals surface area contributed by atoms with Gasteiger partial charge in [0.15, 0.2) is 0 Å². The molecule has 3 rings (SSSR count). The first-order valence-corrected chi connectivity index (χ1v) is 14.2. The van der Waals surface area contributed by atoms with Gasteiger partial charge in [0, 0.05) is 31.8 Å². The Balaban J connectivity index is 1.47. The number of esters is 1.